The molecule has 1 aliphatic carbocycles. The zero-order valence-electron chi connectivity index (χ0n) is 20.1. The van der Waals surface area contributed by atoms with Crippen molar-refractivity contribution in [1.29, 1.82) is 0 Å². The first-order valence-electron chi connectivity index (χ1n) is 12.0. The molecule has 3 aliphatic rings. The predicted molar refractivity (Wildman–Crippen MR) is 134 cm³/mol. The van der Waals surface area contributed by atoms with Gasteiger partial charge in [0.2, 0.25) is 5.96 Å². The van der Waals surface area contributed by atoms with Crippen LogP contribution in [0.25, 0.3) is 5.69 Å². The average Bonchev–Trinajstić information content (AvgIpc) is 3.14. The van der Waals surface area contributed by atoms with Crippen molar-refractivity contribution in [2.45, 2.75) is 70.0 Å². The number of aromatic nitrogens is 3. The van der Waals surface area contributed by atoms with E-state index in [1.165, 1.54) is 0 Å². The first-order valence-corrected chi connectivity index (χ1v) is 12.4. The molecule has 5 rings (SSSR count). The van der Waals surface area contributed by atoms with E-state index in [4.69, 9.17) is 11.6 Å². The van der Waals surface area contributed by atoms with E-state index in [1.807, 2.05) is 38.1 Å². The Bertz CT molecular complexity index is 1170. The van der Waals surface area contributed by atoms with Crippen molar-refractivity contribution in [2.24, 2.45) is 9.98 Å². The van der Waals surface area contributed by atoms with Crippen molar-refractivity contribution in [3.8, 4) is 5.69 Å². The highest BCUT2D eigenvalue weighted by Gasteiger charge is 2.57. The molecule has 0 radical (unpaired) electrons. The van der Waals surface area contributed by atoms with E-state index in [1.54, 1.807) is 6.20 Å². The second-order valence-electron chi connectivity index (χ2n) is 9.98. The van der Waals surface area contributed by atoms with Gasteiger partial charge in [0.1, 0.15) is 5.82 Å². The van der Waals surface area contributed by atoms with Gasteiger partial charge in [-0.15, -0.1) is 10.2 Å². The number of hydrogen-bond donors (Lipinski definition) is 0. The molecule has 0 N–H and O–H groups in total. The molecule has 1 saturated heterocycles. The van der Waals surface area contributed by atoms with Gasteiger partial charge in [0.15, 0.2) is 5.82 Å². The fourth-order valence-electron chi connectivity index (χ4n) is 5.66. The maximum atomic E-state index is 13.9. The highest BCUT2D eigenvalue weighted by Crippen LogP contribution is 2.50. The van der Waals surface area contributed by atoms with Crippen molar-refractivity contribution in [3.05, 3.63) is 52.7 Å². The van der Waals surface area contributed by atoms with Crippen LogP contribution < -0.4 is 0 Å². The van der Waals surface area contributed by atoms with Gasteiger partial charge >= 0.3 is 0 Å². The summed E-state index contributed by atoms with van der Waals surface area (Å²) in [5.74, 6) is -0.0853. The van der Waals surface area contributed by atoms with Crippen LogP contribution in [-0.4, -0.2) is 61.8 Å². The van der Waals surface area contributed by atoms with E-state index in [-0.39, 0.29) is 18.8 Å². The first-order chi connectivity index (χ1) is 16.7. The van der Waals surface area contributed by atoms with E-state index in [2.05, 4.69) is 41.3 Å². The molecule has 0 amide bonds. The van der Waals surface area contributed by atoms with Crippen molar-refractivity contribution in [2.75, 3.05) is 13.1 Å². The smallest absolute Gasteiger partial charge is 0.251 e. The van der Waals surface area contributed by atoms with Gasteiger partial charge in [-0.05, 0) is 57.2 Å². The molecular formula is C25H30ClF2N7. The minimum Gasteiger partial charge on any atom is -0.341 e. The molecule has 0 bridgehead atoms. The van der Waals surface area contributed by atoms with Gasteiger partial charge < -0.3 is 4.90 Å². The van der Waals surface area contributed by atoms with Crippen LogP contribution >= 0.6 is 11.6 Å². The van der Waals surface area contributed by atoms with Gasteiger partial charge in [-0.25, -0.2) is 18.8 Å². The van der Waals surface area contributed by atoms with Gasteiger partial charge in [0, 0.05) is 55.2 Å². The first kappa shape index (κ1) is 24.1. The van der Waals surface area contributed by atoms with Crippen LogP contribution in [0.4, 0.5) is 8.78 Å². The number of rotatable bonds is 3. The van der Waals surface area contributed by atoms with Crippen LogP contribution in [0, 0.1) is 0 Å². The summed E-state index contributed by atoms with van der Waals surface area (Å²) in [6, 6.07) is 5.80. The molecule has 10 heteroatoms. The largest absolute Gasteiger partial charge is 0.341 e. The number of hydrogen-bond acceptors (Lipinski definition) is 4. The van der Waals surface area contributed by atoms with Gasteiger partial charge in [-0.3, -0.25) is 9.47 Å². The minimum atomic E-state index is -2.61. The summed E-state index contributed by atoms with van der Waals surface area (Å²) in [6.07, 6.45) is 5.04. The molecule has 1 aromatic carbocycles. The number of benzene rings is 1. The summed E-state index contributed by atoms with van der Waals surface area (Å²) in [7, 11) is 0. The SMILES string of the molecule is C=N/C(=N\C=C/C)N1CCC(c2nnc3n2-c2ccc(Cl)cc2CN(C2(C)CC(F)(F)C2)C3)CC1. The van der Waals surface area contributed by atoms with Crippen LogP contribution in [0.15, 0.2) is 40.5 Å². The summed E-state index contributed by atoms with van der Waals surface area (Å²) < 4.78 is 29.9. The van der Waals surface area contributed by atoms with Crippen LogP contribution in [0.1, 0.15) is 62.7 Å². The number of nitrogens with zero attached hydrogens (tertiary/aromatic N) is 7. The van der Waals surface area contributed by atoms with E-state index in [9.17, 15) is 8.78 Å². The third-order valence-electron chi connectivity index (χ3n) is 7.40. The Hall–Kier alpha value is -2.65. The topological polar surface area (TPSA) is 61.9 Å². The number of piperidine rings is 1. The van der Waals surface area contributed by atoms with E-state index in [0.717, 1.165) is 48.8 Å². The lowest BCUT2D eigenvalue weighted by Crippen LogP contribution is -2.59. The Balaban J connectivity index is 1.45. The number of alkyl halides is 2. The molecule has 2 aromatic rings. The van der Waals surface area contributed by atoms with Gasteiger partial charge in [0.25, 0.3) is 5.92 Å². The Labute approximate surface area is 209 Å². The van der Waals surface area contributed by atoms with Crippen molar-refractivity contribution >= 4 is 24.3 Å². The van der Waals surface area contributed by atoms with E-state index < -0.39 is 11.5 Å². The summed E-state index contributed by atoms with van der Waals surface area (Å²) in [6.45, 7) is 10.1. The highest BCUT2D eigenvalue weighted by molar-refractivity contribution is 6.30. The number of guanidine groups is 1. The van der Waals surface area contributed by atoms with Crippen molar-refractivity contribution in [3.63, 3.8) is 0 Å². The second-order valence-corrected chi connectivity index (χ2v) is 10.4. The normalized spacial score (nSPS) is 22.4. The zero-order valence-corrected chi connectivity index (χ0v) is 20.8. The Morgan fingerprint density at radius 2 is 1.94 bits per heavy atom. The van der Waals surface area contributed by atoms with Crippen molar-refractivity contribution in [1.82, 2.24) is 24.6 Å². The average molecular weight is 502 g/mol. The molecule has 0 atom stereocenters. The number of aliphatic imine (C=N–C) groups is 2. The summed E-state index contributed by atoms with van der Waals surface area (Å²) in [4.78, 5) is 12.7. The van der Waals surface area contributed by atoms with Gasteiger partial charge in [0.05, 0.1) is 12.2 Å². The van der Waals surface area contributed by atoms with Crippen LogP contribution in [0.5, 0.6) is 0 Å². The van der Waals surface area contributed by atoms with Crippen LogP contribution in [-0.2, 0) is 13.1 Å². The molecule has 2 aliphatic heterocycles. The van der Waals surface area contributed by atoms with Crippen LogP contribution in [0.2, 0.25) is 5.02 Å². The molecular weight excluding hydrogens is 472 g/mol. The third kappa shape index (κ3) is 4.51. The Morgan fingerprint density at radius 1 is 1.20 bits per heavy atom. The van der Waals surface area contributed by atoms with Crippen LogP contribution in [0.3, 0.4) is 0 Å². The minimum absolute atomic E-state index is 0.149. The fourth-order valence-corrected chi connectivity index (χ4v) is 5.85. The predicted octanol–water partition coefficient (Wildman–Crippen LogP) is 5.19. The Kier molecular flexibility index (Phi) is 6.25. The molecule has 2 fully saturated rings. The number of allylic oxidation sites excluding steroid dienone is 1. The Morgan fingerprint density at radius 3 is 2.60 bits per heavy atom. The fraction of sp³-hybridized carbons (Fsp3) is 0.520. The maximum Gasteiger partial charge on any atom is 0.251 e. The molecule has 1 aromatic heterocycles. The summed E-state index contributed by atoms with van der Waals surface area (Å²) >= 11 is 6.36. The number of halogens is 3. The lowest BCUT2D eigenvalue weighted by Gasteiger charge is -2.51. The highest BCUT2D eigenvalue weighted by atomic mass is 35.5. The number of fused-ring (bicyclic) bond motifs is 3. The van der Waals surface area contributed by atoms with Crippen molar-refractivity contribution < 1.29 is 8.78 Å². The molecule has 35 heavy (non-hydrogen) atoms. The lowest BCUT2D eigenvalue weighted by molar-refractivity contribution is -0.173. The molecule has 1 saturated carbocycles. The quantitative estimate of drug-likeness (QED) is 0.428. The monoisotopic (exact) mass is 501 g/mol. The number of likely N-dealkylation sites (tertiary alicyclic amines) is 1. The summed E-state index contributed by atoms with van der Waals surface area (Å²) in [5, 5.41) is 9.81. The van der Waals surface area contributed by atoms with Gasteiger partial charge in [-0.1, -0.05) is 17.7 Å². The summed E-state index contributed by atoms with van der Waals surface area (Å²) in [5.41, 5.74) is 1.39. The van der Waals surface area contributed by atoms with E-state index in [0.29, 0.717) is 24.1 Å². The maximum absolute atomic E-state index is 13.9. The molecule has 0 spiro atoms. The molecule has 3 heterocycles. The third-order valence-corrected chi connectivity index (χ3v) is 7.63. The molecule has 7 nitrogen and oxygen atoms in total. The zero-order chi connectivity index (χ0) is 24.8. The molecule has 186 valence electrons. The standard InChI is InChI=1S/C25H30ClF2N7/c1-4-9-30-23(29-3)33-10-7-17(8-11-33)22-32-31-21-14-34(24(2)15-25(27,28)16-24)13-18-12-19(26)5-6-20(18)35(21)22/h4-6,9,12,17H,3,7-8,10-11,13-16H2,1-2H3/b9-4-,30-23+. The second kappa shape index (κ2) is 9.09. The molecule has 0 unspecified atom stereocenters. The van der Waals surface area contributed by atoms with Gasteiger partial charge in [-0.2, -0.15) is 0 Å². The lowest BCUT2D eigenvalue weighted by atomic mass is 9.73. The van der Waals surface area contributed by atoms with E-state index >= 15 is 0 Å².